The highest BCUT2D eigenvalue weighted by Crippen LogP contribution is 2.75. The van der Waals surface area contributed by atoms with Gasteiger partial charge in [-0.25, -0.2) is 4.39 Å². The van der Waals surface area contributed by atoms with Crippen LogP contribution in [0.2, 0.25) is 0 Å². The number of aryl methyl sites for hydroxylation is 1. The van der Waals surface area contributed by atoms with Gasteiger partial charge in [-0.3, -0.25) is 9.48 Å². The number of anilines is 1. The number of para-hydroxylation sites is 1. The molecule has 1 aromatic carbocycles. The Morgan fingerprint density at radius 3 is 2.58 bits per heavy atom. The Balaban J connectivity index is 1.05. The van der Waals surface area contributed by atoms with E-state index in [0.29, 0.717) is 55.5 Å². The molecule has 50 heavy (non-hydrogen) atoms. The predicted octanol–water partition coefficient (Wildman–Crippen LogP) is 8.98. The van der Waals surface area contributed by atoms with Gasteiger partial charge in [-0.1, -0.05) is 77.5 Å². The number of fused-ring (bicyclic) bond motifs is 7. The molecule has 0 spiro atoms. The minimum Gasteiger partial charge on any atom is -0.465 e. The van der Waals surface area contributed by atoms with E-state index in [1.165, 1.54) is 18.9 Å². The Kier molecular flexibility index (Phi) is 9.08. The highest BCUT2D eigenvalue weighted by molar-refractivity contribution is 5.79. The van der Waals surface area contributed by atoms with Crippen LogP contribution in [0, 0.1) is 62.5 Å². The first-order valence-corrected chi connectivity index (χ1v) is 19.6. The lowest BCUT2D eigenvalue weighted by molar-refractivity contribution is -0.207. The quantitative estimate of drug-likeness (QED) is 0.164. The smallest absolute Gasteiger partial charge is 0.312 e. The van der Waals surface area contributed by atoms with E-state index in [0.717, 1.165) is 50.6 Å². The molecule has 8 heteroatoms. The number of hydrogen-bond acceptors (Lipinski definition) is 6. The average Bonchev–Trinajstić information content (AvgIpc) is 3.54. The molecule has 4 saturated carbocycles. The Morgan fingerprint density at radius 1 is 1.02 bits per heavy atom. The van der Waals surface area contributed by atoms with Crippen molar-refractivity contribution in [1.29, 1.82) is 0 Å². The molecule has 7 rings (SSSR count). The molecule has 0 aliphatic heterocycles. The zero-order chi connectivity index (χ0) is 35.7. The van der Waals surface area contributed by atoms with Crippen LogP contribution in [0.1, 0.15) is 118 Å². The zero-order valence-electron chi connectivity index (χ0n) is 31.6. The molecular formula is C42H61FN4O3. The van der Waals surface area contributed by atoms with Crippen molar-refractivity contribution in [3.63, 3.8) is 0 Å². The van der Waals surface area contributed by atoms with Crippen molar-refractivity contribution in [3.8, 4) is 0 Å². The molecule has 274 valence electrons. The van der Waals surface area contributed by atoms with Crippen molar-refractivity contribution < 1.29 is 19.0 Å². The fourth-order valence-corrected chi connectivity index (χ4v) is 12.7. The summed E-state index contributed by atoms with van der Waals surface area (Å²) in [7, 11) is 0. The number of ether oxygens (including phenoxy) is 1. The van der Waals surface area contributed by atoms with E-state index in [1.54, 1.807) is 28.5 Å². The summed E-state index contributed by atoms with van der Waals surface area (Å²) < 4.78 is 22.0. The van der Waals surface area contributed by atoms with E-state index in [2.05, 4.69) is 70.2 Å². The van der Waals surface area contributed by atoms with E-state index in [9.17, 15) is 14.3 Å². The first-order valence-electron chi connectivity index (χ1n) is 19.6. The number of nitrogens with one attached hydrogen (secondary N) is 1. The second-order valence-corrected chi connectivity index (χ2v) is 18.5. The number of aliphatic hydroxyl groups is 1. The largest absolute Gasteiger partial charge is 0.465 e. The van der Waals surface area contributed by atoms with Gasteiger partial charge in [0.25, 0.3) is 0 Å². The minimum atomic E-state index is -0.461. The SMILES string of the molecule is C[C@H]1[C@H](C)CC[C@]2(C(=O)OCCCn3cc(CNc4ccccc4F)nn3)CC[C@]3(C)C(=CC[C@@H]4[C@@]5(C)CC[C@H](O)C(C)(C)C5CC[C@]43C)[C@H]12. The maximum Gasteiger partial charge on any atom is 0.312 e. The third-order valence-corrected chi connectivity index (χ3v) is 16.1. The van der Waals surface area contributed by atoms with Gasteiger partial charge in [-0.05, 0) is 121 Å². The molecule has 1 aromatic heterocycles. The van der Waals surface area contributed by atoms with Crippen LogP contribution in [0.3, 0.4) is 0 Å². The molecule has 2 N–H and O–H groups in total. The molecule has 2 aromatic rings. The van der Waals surface area contributed by atoms with Gasteiger partial charge in [-0.15, -0.1) is 5.10 Å². The van der Waals surface area contributed by atoms with Crippen molar-refractivity contribution in [3.05, 3.63) is 53.6 Å². The third-order valence-electron chi connectivity index (χ3n) is 16.1. The Bertz CT molecular complexity index is 1620. The molecule has 0 amide bonds. The molecule has 0 bridgehead atoms. The first-order chi connectivity index (χ1) is 23.7. The summed E-state index contributed by atoms with van der Waals surface area (Å²) >= 11 is 0. The standard InChI is InChI=1S/C42H61FN4O3/c1-27-15-20-42(37(49)50-24-10-23-47-26-29(45-46-47)25-44-32-12-9-8-11-31(32)43)22-21-40(6)30(36(42)28(27)2)13-14-34-39(5)18-17-35(48)38(3,4)33(39)16-19-41(34,40)7/h8-9,11-13,26-28,33-36,44,48H,10,14-25H2,1-7H3/t27-,28+,33?,34-,35+,36+,39+,40-,41-,42+/m1/s1. The zero-order valence-corrected chi connectivity index (χ0v) is 31.6. The van der Waals surface area contributed by atoms with Crippen LogP contribution >= 0.6 is 0 Å². The number of aliphatic hydroxyl groups excluding tert-OH is 1. The van der Waals surface area contributed by atoms with Gasteiger partial charge in [0.1, 0.15) is 11.5 Å². The number of carbonyl (C=O) groups is 1. The maximum absolute atomic E-state index is 14.4. The van der Waals surface area contributed by atoms with Gasteiger partial charge >= 0.3 is 5.97 Å². The molecule has 0 saturated heterocycles. The van der Waals surface area contributed by atoms with E-state index in [-0.39, 0.29) is 45.5 Å². The van der Waals surface area contributed by atoms with Crippen molar-refractivity contribution >= 4 is 11.7 Å². The number of rotatable bonds is 8. The third kappa shape index (κ3) is 5.39. The number of nitrogens with zero attached hydrogens (tertiary/aromatic N) is 3. The fourth-order valence-electron chi connectivity index (χ4n) is 12.7. The molecule has 1 unspecified atom stereocenters. The van der Waals surface area contributed by atoms with Gasteiger partial charge in [-0.2, -0.15) is 0 Å². The summed E-state index contributed by atoms with van der Waals surface area (Å²) in [6.07, 6.45) is 14.3. The Labute approximate surface area is 299 Å². The van der Waals surface area contributed by atoms with Crippen LogP contribution in [-0.4, -0.2) is 38.8 Å². The van der Waals surface area contributed by atoms with Gasteiger partial charge in [0, 0.05) is 13.0 Å². The molecule has 0 radical (unpaired) electrons. The molecular weight excluding hydrogens is 627 g/mol. The lowest BCUT2D eigenvalue weighted by atomic mass is 9.33. The van der Waals surface area contributed by atoms with Crippen molar-refractivity contribution in [1.82, 2.24) is 15.0 Å². The van der Waals surface area contributed by atoms with Gasteiger partial charge < -0.3 is 15.2 Å². The number of esters is 1. The molecule has 10 atom stereocenters. The van der Waals surface area contributed by atoms with Crippen molar-refractivity contribution in [2.24, 2.45) is 56.7 Å². The number of allylic oxidation sites excluding steroid dienone is 2. The maximum atomic E-state index is 14.4. The monoisotopic (exact) mass is 688 g/mol. The summed E-state index contributed by atoms with van der Waals surface area (Å²) in [6, 6.07) is 6.60. The number of halogens is 1. The van der Waals surface area contributed by atoms with E-state index in [4.69, 9.17) is 4.74 Å². The number of aromatic nitrogens is 3. The van der Waals surface area contributed by atoms with Crippen molar-refractivity contribution in [2.45, 2.75) is 132 Å². The van der Waals surface area contributed by atoms with E-state index < -0.39 is 5.41 Å². The summed E-state index contributed by atoms with van der Waals surface area (Å²) in [4.78, 5) is 14.4. The summed E-state index contributed by atoms with van der Waals surface area (Å²) in [5, 5.41) is 22.6. The van der Waals surface area contributed by atoms with E-state index >= 15 is 0 Å². The van der Waals surface area contributed by atoms with Crippen LogP contribution in [0.25, 0.3) is 0 Å². The van der Waals surface area contributed by atoms with E-state index in [1.807, 2.05) is 6.20 Å². The highest BCUT2D eigenvalue weighted by atomic mass is 19.1. The lowest BCUT2D eigenvalue weighted by Crippen LogP contribution is -2.65. The number of benzene rings is 1. The Morgan fingerprint density at radius 2 is 1.80 bits per heavy atom. The van der Waals surface area contributed by atoms with Crippen molar-refractivity contribution in [2.75, 3.05) is 11.9 Å². The van der Waals surface area contributed by atoms with Crippen LogP contribution in [0.15, 0.2) is 42.1 Å². The second-order valence-electron chi connectivity index (χ2n) is 18.5. The molecule has 7 nitrogen and oxygen atoms in total. The van der Waals surface area contributed by atoms with Crippen LogP contribution in [0.5, 0.6) is 0 Å². The van der Waals surface area contributed by atoms with Gasteiger partial charge in [0.15, 0.2) is 0 Å². The van der Waals surface area contributed by atoms with Crippen LogP contribution in [0.4, 0.5) is 10.1 Å². The lowest BCUT2D eigenvalue weighted by Gasteiger charge is -2.71. The predicted molar refractivity (Wildman–Crippen MR) is 194 cm³/mol. The summed E-state index contributed by atoms with van der Waals surface area (Å²) in [5.74, 6) is 2.02. The molecule has 5 aliphatic carbocycles. The molecule has 5 aliphatic rings. The number of carbonyl (C=O) groups excluding carboxylic acids is 1. The average molecular weight is 689 g/mol. The fraction of sp³-hybridized carbons (Fsp3) is 0.738. The van der Waals surface area contributed by atoms with Gasteiger partial charge in [0.05, 0.1) is 36.6 Å². The number of hydrogen-bond donors (Lipinski definition) is 2. The molecule has 1 heterocycles. The normalized spacial score (nSPS) is 40.4. The first kappa shape index (κ1) is 35.7. The second kappa shape index (κ2) is 12.7. The highest BCUT2D eigenvalue weighted by Gasteiger charge is 2.69. The Hall–Kier alpha value is -2.74. The van der Waals surface area contributed by atoms with Gasteiger partial charge in [0.2, 0.25) is 0 Å². The summed E-state index contributed by atoms with van der Waals surface area (Å²) in [5.41, 5.74) is 2.64. The minimum absolute atomic E-state index is 0.00327. The van der Waals surface area contributed by atoms with Crippen LogP contribution < -0.4 is 5.32 Å². The topological polar surface area (TPSA) is 89.3 Å². The summed E-state index contributed by atoms with van der Waals surface area (Å²) in [6.45, 7) is 18.5. The van der Waals surface area contributed by atoms with Crippen LogP contribution in [-0.2, 0) is 22.6 Å². The molecule has 4 fully saturated rings.